The van der Waals surface area contributed by atoms with E-state index in [0.717, 1.165) is 5.02 Å². The molecule has 0 aliphatic carbocycles. The third-order valence-electron chi connectivity index (χ3n) is 2.52. The van der Waals surface area contributed by atoms with E-state index < -0.39 is 0 Å². The van der Waals surface area contributed by atoms with E-state index in [0.29, 0.717) is 5.92 Å². The molecule has 0 spiro atoms. The fourth-order valence-electron chi connectivity index (χ4n) is 1.28. The standard InChI is InChI=1S/C11H15ClO/c1-8(7-13)9(2)10-4-3-5-11(12)6-10/h3-6,8-9,13H,7H2,1-2H3. The highest BCUT2D eigenvalue weighted by Gasteiger charge is 2.12. The lowest BCUT2D eigenvalue weighted by atomic mass is 9.90. The molecule has 2 unspecified atom stereocenters. The van der Waals surface area contributed by atoms with E-state index in [1.807, 2.05) is 31.2 Å². The first-order valence-corrected chi connectivity index (χ1v) is 4.89. The number of hydrogen-bond donors (Lipinski definition) is 1. The molecule has 2 atom stereocenters. The first-order chi connectivity index (χ1) is 6.15. The van der Waals surface area contributed by atoms with Crippen molar-refractivity contribution in [2.45, 2.75) is 19.8 Å². The summed E-state index contributed by atoms with van der Waals surface area (Å²) in [6.45, 7) is 4.35. The van der Waals surface area contributed by atoms with Crippen LogP contribution >= 0.6 is 11.6 Å². The molecule has 72 valence electrons. The van der Waals surface area contributed by atoms with Crippen molar-refractivity contribution in [2.24, 2.45) is 5.92 Å². The van der Waals surface area contributed by atoms with Crippen LogP contribution < -0.4 is 0 Å². The summed E-state index contributed by atoms with van der Waals surface area (Å²) >= 11 is 5.87. The fraction of sp³-hybridized carbons (Fsp3) is 0.455. The lowest BCUT2D eigenvalue weighted by Crippen LogP contribution is -2.10. The third-order valence-corrected chi connectivity index (χ3v) is 2.75. The Bertz CT molecular complexity index is 273. The van der Waals surface area contributed by atoms with E-state index in [-0.39, 0.29) is 12.5 Å². The van der Waals surface area contributed by atoms with Crippen LogP contribution in [0.5, 0.6) is 0 Å². The molecule has 1 aromatic rings. The topological polar surface area (TPSA) is 20.2 Å². The Morgan fingerprint density at radius 3 is 2.62 bits per heavy atom. The van der Waals surface area contributed by atoms with Gasteiger partial charge in [-0.15, -0.1) is 0 Å². The Morgan fingerprint density at radius 1 is 1.38 bits per heavy atom. The van der Waals surface area contributed by atoms with Gasteiger partial charge in [0.25, 0.3) is 0 Å². The number of aliphatic hydroxyl groups is 1. The molecule has 2 heteroatoms. The summed E-state index contributed by atoms with van der Waals surface area (Å²) in [6.07, 6.45) is 0. The predicted octanol–water partition coefficient (Wildman–Crippen LogP) is 3.07. The largest absolute Gasteiger partial charge is 0.396 e. The zero-order valence-corrected chi connectivity index (χ0v) is 8.75. The Kier molecular flexibility index (Phi) is 3.76. The number of benzene rings is 1. The summed E-state index contributed by atoms with van der Waals surface area (Å²) < 4.78 is 0. The van der Waals surface area contributed by atoms with Gasteiger partial charge in [-0.05, 0) is 29.5 Å². The van der Waals surface area contributed by atoms with Crippen molar-refractivity contribution >= 4 is 11.6 Å². The molecule has 1 aromatic carbocycles. The van der Waals surface area contributed by atoms with Gasteiger partial charge in [0.1, 0.15) is 0 Å². The molecule has 0 fully saturated rings. The Morgan fingerprint density at radius 2 is 2.08 bits per heavy atom. The van der Waals surface area contributed by atoms with Gasteiger partial charge in [-0.2, -0.15) is 0 Å². The quantitative estimate of drug-likeness (QED) is 0.792. The highest BCUT2D eigenvalue weighted by molar-refractivity contribution is 6.30. The first kappa shape index (κ1) is 10.6. The molecule has 13 heavy (non-hydrogen) atoms. The maximum Gasteiger partial charge on any atom is 0.0462 e. The second-order valence-electron chi connectivity index (χ2n) is 3.50. The third kappa shape index (κ3) is 2.71. The predicted molar refractivity (Wildman–Crippen MR) is 56.1 cm³/mol. The summed E-state index contributed by atoms with van der Waals surface area (Å²) in [5.41, 5.74) is 1.19. The summed E-state index contributed by atoms with van der Waals surface area (Å²) in [5, 5.41) is 9.76. The van der Waals surface area contributed by atoms with Crippen LogP contribution in [0, 0.1) is 5.92 Å². The van der Waals surface area contributed by atoms with Gasteiger partial charge >= 0.3 is 0 Å². The molecule has 0 amide bonds. The molecule has 0 radical (unpaired) electrons. The molecule has 1 nitrogen and oxygen atoms in total. The van der Waals surface area contributed by atoms with Crippen LogP contribution in [-0.4, -0.2) is 11.7 Å². The van der Waals surface area contributed by atoms with Crippen molar-refractivity contribution in [3.05, 3.63) is 34.9 Å². The molecule has 0 aliphatic rings. The van der Waals surface area contributed by atoms with E-state index in [2.05, 4.69) is 6.92 Å². The Hall–Kier alpha value is -0.530. The summed E-state index contributed by atoms with van der Waals surface area (Å²) in [4.78, 5) is 0. The van der Waals surface area contributed by atoms with E-state index in [4.69, 9.17) is 16.7 Å². The highest BCUT2D eigenvalue weighted by atomic mass is 35.5. The maximum absolute atomic E-state index is 9.00. The minimum Gasteiger partial charge on any atom is -0.396 e. The minimum atomic E-state index is 0.216. The van der Waals surface area contributed by atoms with Gasteiger partial charge in [-0.1, -0.05) is 37.6 Å². The van der Waals surface area contributed by atoms with Crippen LogP contribution in [0.2, 0.25) is 5.02 Å². The molecule has 1 rings (SSSR count). The smallest absolute Gasteiger partial charge is 0.0462 e. The average Bonchev–Trinajstić information content (AvgIpc) is 2.15. The van der Waals surface area contributed by atoms with Crippen LogP contribution in [0.4, 0.5) is 0 Å². The van der Waals surface area contributed by atoms with Crippen LogP contribution in [-0.2, 0) is 0 Å². The van der Waals surface area contributed by atoms with Gasteiger partial charge in [0.15, 0.2) is 0 Å². The zero-order valence-electron chi connectivity index (χ0n) is 8.00. The van der Waals surface area contributed by atoms with Gasteiger partial charge < -0.3 is 5.11 Å². The lowest BCUT2D eigenvalue weighted by molar-refractivity contribution is 0.220. The van der Waals surface area contributed by atoms with Gasteiger partial charge in [-0.25, -0.2) is 0 Å². The van der Waals surface area contributed by atoms with E-state index in [1.54, 1.807) is 0 Å². The van der Waals surface area contributed by atoms with E-state index in [1.165, 1.54) is 5.56 Å². The molecular weight excluding hydrogens is 184 g/mol. The minimum absolute atomic E-state index is 0.216. The van der Waals surface area contributed by atoms with Crippen molar-refractivity contribution in [3.8, 4) is 0 Å². The molecule has 0 heterocycles. The summed E-state index contributed by atoms with van der Waals surface area (Å²) in [5.74, 6) is 0.627. The van der Waals surface area contributed by atoms with Crippen molar-refractivity contribution in [3.63, 3.8) is 0 Å². The van der Waals surface area contributed by atoms with Crippen LogP contribution in [0.3, 0.4) is 0 Å². The van der Waals surface area contributed by atoms with Crippen LogP contribution in [0.15, 0.2) is 24.3 Å². The SMILES string of the molecule is CC(CO)C(C)c1cccc(Cl)c1. The number of halogens is 1. The van der Waals surface area contributed by atoms with Gasteiger partial charge in [0.2, 0.25) is 0 Å². The van der Waals surface area contributed by atoms with E-state index in [9.17, 15) is 0 Å². The second-order valence-corrected chi connectivity index (χ2v) is 3.94. The molecule has 0 aliphatic heterocycles. The second kappa shape index (κ2) is 4.64. The van der Waals surface area contributed by atoms with Gasteiger partial charge in [0, 0.05) is 11.6 Å². The van der Waals surface area contributed by atoms with Crippen LogP contribution in [0.25, 0.3) is 0 Å². The average molecular weight is 199 g/mol. The first-order valence-electron chi connectivity index (χ1n) is 4.51. The molecule has 0 saturated carbocycles. The summed E-state index contributed by atoms with van der Waals surface area (Å²) in [6, 6.07) is 7.81. The Balaban J connectivity index is 2.82. The fourth-order valence-corrected chi connectivity index (χ4v) is 1.48. The van der Waals surface area contributed by atoms with Crippen molar-refractivity contribution in [1.29, 1.82) is 0 Å². The maximum atomic E-state index is 9.00. The summed E-state index contributed by atoms with van der Waals surface area (Å²) in [7, 11) is 0. The van der Waals surface area contributed by atoms with Gasteiger partial charge in [0.05, 0.1) is 0 Å². The van der Waals surface area contributed by atoms with Crippen molar-refractivity contribution in [2.75, 3.05) is 6.61 Å². The lowest BCUT2D eigenvalue weighted by Gasteiger charge is -2.17. The Labute approximate surface area is 84.4 Å². The molecule has 0 saturated heterocycles. The normalized spacial score (nSPS) is 15.4. The van der Waals surface area contributed by atoms with Crippen molar-refractivity contribution < 1.29 is 5.11 Å². The van der Waals surface area contributed by atoms with Gasteiger partial charge in [-0.3, -0.25) is 0 Å². The molecule has 1 N–H and O–H groups in total. The molecular formula is C11H15ClO. The van der Waals surface area contributed by atoms with Crippen LogP contribution in [0.1, 0.15) is 25.3 Å². The van der Waals surface area contributed by atoms with E-state index >= 15 is 0 Å². The van der Waals surface area contributed by atoms with Crippen molar-refractivity contribution in [1.82, 2.24) is 0 Å². The highest BCUT2D eigenvalue weighted by Crippen LogP contribution is 2.25. The monoisotopic (exact) mass is 198 g/mol. The molecule has 0 bridgehead atoms. The number of aliphatic hydroxyl groups excluding tert-OH is 1. The number of hydrogen-bond acceptors (Lipinski definition) is 1. The number of rotatable bonds is 3. The zero-order chi connectivity index (χ0) is 9.84. The molecule has 0 aromatic heterocycles.